The summed E-state index contributed by atoms with van der Waals surface area (Å²) in [7, 11) is 0. The van der Waals surface area contributed by atoms with Crippen molar-refractivity contribution >= 4 is 44.6 Å². The molecule has 4 unspecified atom stereocenters. The van der Waals surface area contributed by atoms with E-state index in [9.17, 15) is 0 Å². The van der Waals surface area contributed by atoms with Crippen LogP contribution in [-0.4, -0.2) is 0 Å². The average molecular weight is 698 g/mol. The summed E-state index contributed by atoms with van der Waals surface area (Å²) in [6.07, 6.45) is 17.4. The van der Waals surface area contributed by atoms with Gasteiger partial charge in [-0.25, -0.2) is 0 Å². The fraction of sp³-hybridized carbons (Fsp3) is 0.231. The molecule has 54 heavy (non-hydrogen) atoms. The molecule has 0 amide bonds. The summed E-state index contributed by atoms with van der Waals surface area (Å²) in [6.45, 7) is 0. The molecule has 0 radical (unpaired) electrons. The Morgan fingerprint density at radius 1 is 0.648 bits per heavy atom. The predicted octanol–water partition coefficient (Wildman–Crippen LogP) is 14.2. The third-order valence-electron chi connectivity index (χ3n) is 13.4. The first-order valence-electron chi connectivity index (χ1n) is 20.0. The molecule has 6 aromatic carbocycles. The SMILES string of the molecule is c1c(N(c2ccc(C34CCC5CC(CC5C3)C4)cc2C2=CC=CCC2)c2ccc(-c3ccccc3)cc2-c2ccccc2)cc2oc3ccccc3c2c#1. The Hall–Kier alpha value is -5.78. The highest BCUT2D eigenvalue weighted by Crippen LogP contribution is 2.62. The van der Waals surface area contributed by atoms with Gasteiger partial charge in [0.05, 0.1) is 16.8 Å². The van der Waals surface area contributed by atoms with Gasteiger partial charge < -0.3 is 9.32 Å². The van der Waals surface area contributed by atoms with Crippen molar-refractivity contribution < 1.29 is 4.42 Å². The first-order valence-corrected chi connectivity index (χ1v) is 20.0. The van der Waals surface area contributed by atoms with Crippen LogP contribution in [-0.2, 0) is 5.41 Å². The molecule has 3 fully saturated rings. The van der Waals surface area contributed by atoms with Gasteiger partial charge in [0.25, 0.3) is 0 Å². The van der Waals surface area contributed by atoms with Gasteiger partial charge in [0.2, 0.25) is 0 Å². The van der Waals surface area contributed by atoms with Gasteiger partial charge in [-0.1, -0.05) is 109 Å². The van der Waals surface area contributed by atoms with E-state index in [1.54, 1.807) is 5.56 Å². The minimum absolute atomic E-state index is 0.295. The normalized spacial score (nSPS) is 22.7. The smallest absolute Gasteiger partial charge is 0.146 e. The lowest BCUT2D eigenvalue weighted by molar-refractivity contribution is 0.139. The Morgan fingerprint density at radius 3 is 2.28 bits per heavy atom. The lowest BCUT2D eigenvalue weighted by Gasteiger charge is -2.46. The number of nitrogens with zero attached hydrogens (tertiary/aromatic N) is 1. The largest absolute Gasteiger partial charge is 0.455 e. The molecule has 7 aromatic rings. The van der Waals surface area contributed by atoms with Crippen LogP contribution >= 0.6 is 0 Å². The van der Waals surface area contributed by atoms with Crippen molar-refractivity contribution in [3.63, 3.8) is 0 Å². The third-order valence-corrected chi connectivity index (χ3v) is 13.4. The van der Waals surface area contributed by atoms with Crippen molar-refractivity contribution in [2.75, 3.05) is 4.90 Å². The molecule has 4 aliphatic carbocycles. The summed E-state index contributed by atoms with van der Waals surface area (Å²) in [4.78, 5) is 2.44. The van der Waals surface area contributed by atoms with Gasteiger partial charge in [-0.15, -0.1) is 0 Å². The zero-order valence-corrected chi connectivity index (χ0v) is 30.6. The Bertz CT molecular complexity index is 2590. The summed E-state index contributed by atoms with van der Waals surface area (Å²) < 4.78 is 6.51. The molecule has 11 rings (SSSR count). The summed E-state index contributed by atoms with van der Waals surface area (Å²) >= 11 is 0. The van der Waals surface area contributed by atoms with Gasteiger partial charge in [-0.05, 0) is 145 Å². The van der Waals surface area contributed by atoms with Gasteiger partial charge in [0.15, 0.2) is 0 Å². The van der Waals surface area contributed by atoms with E-state index < -0.39 is 0 Å². The zero-order chi connectivity index (χ0) is 35.6. The van der Waals surface area contributed by atoms with E-state index in [1.807, 2.05) is 12.1 Å². The highest BCUT2D eigenvalue weighted by atomic mass is 16.3. The summed E-state index contributed by atoms with van der Waals surface area (Å²) in [5.41, 5.74) is 14.2. The molecular formula is C52H43NO. The maximum atomic E-state index is 6.51. The van der Waals surface area contributed by atoms with Crippen molar-refractivity contribution in [3.05, 3.63) is 169 Å². The molecule has 0 N–H and O–H groups in total. The predicted molar refractivity (Wildman–Crippen MR) is 223 cm³/mol. The van der Waals surface area contributed by atoms with Gasteiger partial charge >= 0.3 is 0 Å². The molecule has 2 nitrogen and oxygen atoms in total. The summed E-state index contributed by atoms with van der Waals surface area (Å²) in [6, 6.07) is 53.8. The van der Waals surface area contributed by atoms with E-state index >= 15 is 0 Å². The Kier molecular flexibility index (Phi) is 7.44. The number of benzene rings is 5. The van der Waals surface area contributed by atoms with E-state index in [0.29, 0.717) is 5.41 Å². The fourth-order valence-corrected chi connectivity index (χ4v) is 10.9. The Balaban J connectivity index is 1.16. The number of furan rings is 1. The monoisotopic (exact) mass is 697 g/mol. The number of para-hydroxylation sites is 1. The van der Waals surface area contributed by atoms with Crippen LogP contribution in [0.15, 0.2) is 150 Å². The Labute approximate surface area is 318 Å². The van der Waals surface area contributed by atoms with E-state index in [-0.39, 0.29) is 0 Å². The van der Waals surface area contributed by atoms with E-state index in [1.165, 1.54) is 77.6 Å². The molecule has 1 aromatic heterocycles. The van der Waals surface area contributed by atoms with Crippen LogP contribution in [0.5, 0.6) is 0 Å². The highest BCUT2D eigenvalue weighted by Gasteiger charge is 2.52. The molecule has 1 heterocycles. The minimum atomic E-state index is 0.295. The third kappa shape index (κ3) is 5.25. The standard InChI is InChI=1S/C52H43NO/c1-4-12-36(13-5-1)39-20-24-48(46(30-39)37-14-6-2-7-15-37)53(43-22-23-45-44-18-10-11-19-50(44)54-51(45)32-43)49-25-21-42(31-47(49)38-16-8-3-9-17-38)52-27-26-40-28-35(33-52)29-41(40)34-52/h1-8,10-16,18-21,24-25,30-32,35,40-41H,9,17,26-29,33-34H2. The van der Waals surface area contributed by atoms with Gasteiger partial charge in [-0.3, -0.25) is 0 Å². The second-order valence-electron chi connectivity index (χ2n) is 16.4. The number of anilines is 3. The molecule has 4 aliphatic rings. The molecule has 2 heteroatoms. The highest BCUT2D eigenvalue weighted by molar-refractivity contribution is 6.05. The van der Waals surface area contributed by atoms with Gasteiger partial charge in [0.1, 0.15) is 16.9 Å². The van der Waals surface area contributed by atoms with Crippen LogP contribution in [0.4, 0.5) is 17.1 Å². The number of fused-ring (bicyclic) bond motifs is 5. The lowest BCUT2D eigenvalue weighted by atomic mass is 9.59. The topological polar surface area (TPSA) is 16.4 Å². The first kappa shape index (κ1) is 31.7. The van der Waals surface area contributed by atoms with Crippen molar-refractivity contribution in [3.8, 4) is 22.3 Å². The van der Waals surface area contributed by atoms with Crippen LogP contribution in [0, 0.1) is 29.9 Å². The van der Waals surface area contributed by atoms with Crippen LogP contribution in [0.2, 0.25) is 0 Å². The molecule has 0 saturated heterocycles. The number of rotatable bonds is 7. The average Bonchev–Trinajstić information content (AvgIpc) is 3.71. The van der Waals surface area contributed by atoms with E-state index in [2.05, 4.69) is 151 Å². The zero-order valence-electron chi connectivity index (χ0n) is 30.6. The number of allylic oxidation sites excluding steroid dienone is 4. The molecular weight excluding hydrogens is 655 g/mol. The molecule has 0 aliphatic heterocycles. The maximum Gasteiger partial charge on any atom is 0.146 e. The van der Waals surface area contributed by atoms with Crippen LogP contribution in [0.1, 0.15) is 62.5 Å². The van der Waals surface area contributed by atoms with Crippen LogP contribution in [0.25, 0.3) is 49.8 Å². The van der Waals surface area contributed by atoms with Crippen molar-refractivity contribution in [2.45, 2.75) is 56.8 Å². The molecule has 262 valence electrons. The lowest BCUT2D eigenvalue weighted by Crippen LogP contribution is -2.38. The molecule has 4 atom stereocenters. The molecule has 0 spiro atoms. The Morgan fingerprint density at radius 2 is 1.43 bits per heavy atom. The first-order chi connectivity index (χ1) is 26.7. The van der Waals surface area contributed by atoms with E-state index in [0.717, 1.165) is 63.9 Å². The van der Waals surface area contributed by atoms with Gasteiger partial charge in [0, 0.05) is 22.6 Å². The van der Waals surface area contributed by atoms with E-state index in [4.69, 9.17) is 4.42 Å². The second-order valence-corrected chi connectivity index (χ2v) is 16.4. The van der Waals surface area contributed by atoms with Crippen molar-refractivity contribution in [1.29, 1.82) is 0 Å². The number of hydrogen-bond donors (Lipinski definition) is 0. The fourth-order valence-electron chi connectivity index (χ4n) is 10.9. The van der Waals surface area contributed by atoms with Crippen LogP contribution < -0.4 is 4.90 Å². The summed E-state index contributed by atoms with van der Waals surface area (Å²) in [5, 5.41) is 2.04. The number of hydrogen-bond acceptors (Lipinski definition) is 2. The maximum absolute atomic E-state index is 6.51. The van der Waals surface area contributed by atoms with Crippen molar-refractivity contribution in [1.82, 2.24) is 0 Å². The van der Waals surface area contributed by atoms with Crippen LogP contribution in [0.3, 0.4) is 0 Å². The quantitative estimate of drug-likeness (QED) is 0.165. The van der Waals surface area contributed by atoms with Crippen molar-refractivity contribution in [2.24, 2.45) is 17.8 Å². The molecule has 3 bridgehead atoms. The minimum Gasteiger partial charge on any atom is -0.455 e. The summed E-state index contributed by atoms with van der Waals surface area (Å²) in [5.74, 6) is 2.76. The molecule has 3 saturated carbocycles. The second kappa shape index (κ2) is 12.7. The van der Waals surface area contributed by atoms with Gasteiger partial charge in [-0.2, -0.15) is 0 Å².